The van der Waals surface area contributed by atoms with Crippen molar-refractivity contribution in [1.29, 1.82) is 0 Å². The van der Waals surface area contributed by atoms with Crippen LogP contribution < -0.4 is 5.32 Å². The van der Waals surface area contributed by atoms with Gasteiger partial charge in [-0.3, -0.25) is 4.90 Å². The van der Waals surface area contributed by atoms with E-state index in [1.807, 2.05) is 53.6 Å². The first-order valence-corrected chi connectivity index (χ1v) is 21.9. The SMILES string of the molecule is C#CCCNCCCN1C[C@@H](C)CC(C)[C@@H](OC2O[C@H](C)CC(N(C)C)C2O)C(C)C(OC2CC(C)(OC)[C@H](O)[C@H](C)O2)C(C)C(O)O[C@@H](CC)C(C)C(O)C1C. The number of hydrogen-bond donors (Lipinski definition) is 5. The molecule has 3 fully saturated rings. The van der Waals surface area contributed by atoms with Crippen molar-refractivity contribution in [2.24, 2.45) is 29.6 Å². The minimum atomic E-state index is -1.26. The minimum absolute atomic E-state index is 0.0468. The lowest BCUT2D eigenvalue weighted by Crippen LogP contribution is -2.58. The topological polar surface area (TPSA) is 155 Å². The Balaban J connectivity index is 2.08. The van der Waals surface area contributed by atoms with E-state index < -0.39 is 73.1 Å². The van der Waals surface area contributed by atoms with Crippen LogP contribution in [0.5, 0.6) is 0 Å². The Bertz CT molecular complexity index is 1200. The molecule has 0 aliphatic carbocycles. The molecule has 57 heavy (non-hydrogen) atoms. The maximum atomic E-state index is 12.0. The van der Waals surface area contributed by atoms with E-state index in [9.17, 15) is 20.4 Å². The highest BCUT2D eigenvalue weighted by atomic mass is 16.7. The van der Waals surface area contributed by atoms with E-state index in [1.54, 1.807) is 14.0 Å². The Hall–Kier alpha value is -0.960. The van der Waals surface area contributed by atoms with Crippen LogP contribution in [0.15, 0.2) is 0 Å². The van der Waals surface area contributed by atoms with E-state index >= 15 is 0 Å². The fraction of sp³-hybridized carbons (Fsp3) is 0.955. The highest BCUT2D eigenvalue weighted by molar-refractivity contribution is 4.95. The van der Waals surface area contributed by atoms with Gasteiger partial charge in [0, 0.05) is 62.9 Å². The number of hydrogen-bond acceptors (Lipinski definition) is 13. The minimum Gasteiger partial charge on any atom is -0.391 e. The second kappa shape index (κ2) is 23.3. The standard InChI is InChI=1S/C44H83N3O10/c1-15-17-19-45-20-18-21-47-25-26(3)22-27(4)39(57-43-38(49)34(46(12)13)23-28(5)53-43)30(7)40(56-36-24-44(11,52-14)41(50)33(10)54-36)31(8)42(51)55-35(16-2)29(6)37(48)32(47)9/h1,26-43,45,48-51H,16-25H2,2-14H3/t26-,27?,28+,29?,30?,31?,32?,33-,34?,35-,36?,37?,38?,39+,40?,41+,42?,43?,44?/m0/s1. The van der Waals surface area contributed by atoms with Crippen LogP contribution in [0.4, 0.5) is 0 Å². The van der Waals surface area contributed by atoms with Gasteiger partial charge in [-0.1, -0.05) is 41.5 Å². The largest absolute Gasteiger partial charge is 0.391 e. The van der Waals surface area contributed by atoms with Gasteiger partial charge in [-0.2, -0.15) is 0 Å². The summed E-state index contributed by atoms with van der Waals surface area (Å²) in [5.74, 6) is 1.62. The summed E-state index contributed by atoms with van der Waals surface area (Å²) in [5, 5.41) is 50.0. The van der Waals surface area contributed by atoms with Gasteiger partial charge >= 0.3 is 0 Å². The Kier molecular flexibility index (Phi) is 20.6. The van der Waals surface area contributed by atoms with Gasteiger partial charge in [0.15, 0.2) is 18.9 Å². The van der Waals surface area contributed by atoms with E-state index in [0.29, 0.717) is 19.3 Å². The van der Waals surface area contributed by atoms with Crippen molar-refractivity contribution < 1.29 is 48.8 Å². The second-order valence-electron chi connectivity index (χ2n) is 18.4. The van der Waals surface area contributed by atoms with Crippen LogP contribution in [-0.2, 0) is 28.4 Å². The number of ether oxygens (including phenoxy) is 6. The van der Waals surface area contributed by atoms with Crippen LogP contribution in [0.1, 0.15) is 108 Å². The summed E-state index contributed by atoms with van der Waals surface area (Å²) in [6.45, 7) is 23.3. The molecule has 0 spiro atoms. The molecule has 334 valence electrons. The number of likely N-dealkylation sites (N-methyl/N-ethyl adjacent to an activating group) is 1. The zero-order chi connectivity index (χ0) is 42.8. The fourth-order valence-corrected chi connectivity index (χ4v) is 9.60. The molecule has 0 amide bonds. The first kappa shape index (κ1) is 50.4. The summed E-state index contributed by atoms with van der Waals surface area (Å²) in [6.07, 6.45) is 1.67. The molecule has 0 aromatic carbocycles. The molecular weight excluding hydrogens is 730 g/mol. The quantitative estimate of drug-likeness (QED) is 0.135. The number of rotatable bonds is 13. The van der Waals surface area contributed by atoms with Crippen LogP contribution in [0, 0.1) is 41.9 Å². The van der Waals surface area contributed by atoms with Gasteiger partial charge in [0.25, 0.3) is 0 Å². The Morgan fingerprint density at radius 2 is 1.56 bits per heavy atom. The smallest absolute Gasteiger partial charge is 0.185 e. The predicted molar refractivity (Wildman–Crippen MR) is 222 cm³/mol. The molecule has 0 aromatic heterocycles. The summed E-state index contributed by atoms with van der Waals surface area (Å²) in [7, 11) is 5.50. The zero-order valence-electron chi connectivity index (χ0n) is 37.7. The molecule has 3 aliphatic heterocycles. The Labute approximate surface area is 345 Å². The molecule has 0 saturated carbocycles. The lowest BCUT2D eigenvalue weighted by molar-refractivity contribution is -0.317. The van der Waals surface area contributed by atoms with E-state index in [-0.39, 0.29) is 48.3 Å². The normalized spacial score (nSPS) is 44.9. The summed E-state index contributed by atoms with van der Waals surface area (Å²) < 4.78 is 38.9. The van der Waals surface area contributed by atoms with Crippen molar-refractivity contribution >= 4 is 0 Å². The molecule has 13 heteroatoms. The van der Waals surface area contributed by atoms with Crippen molar-refractivity contribution in [2.45, 2.75) is 193 Å². The second-order valence-corrected chi connectivity index (χ2v) is 18.4. The van der Waals surface area contributed by atoms with Crippen LogP contribution in [0.2, 0.25) is 0 Å². The van der Waals surface area contributed by atoms with E-state index in [4.69, 9.17) is 34.8 Å². The maximum absolute atomic E-state index is 12.0. The predicted octanol–water partition coefficient (Wildman–Crippen LogP) is 3.84. The lowest BCUT2D eigenvalue weighted by atomic mass is 9.80. The third kappa shape index (κ3) is 13.5. The third-order valence-electron chi connectivity index (χ3n) is 13.4. The highest BCUT2D eigenvalue weighted by Gasteiger charge is 2.49. The summed E-state index contributed by atoms with van der Waals surface area (Å²) in [4.78, 5) is 4.41. The van der Waals surface area contributed by atoms with E-state index in [2.05, 4.69) is 43.8 Å². The van der Waals surface area contributed by atoms with Crippen LogP contribution in [0.3, 0.4) is 0 Å². The van der Waals surface area contributed by atoms with Gasteiger partial charge in [-0.15, -0.1) is 12.3 Å². The van der Waals surface area contributed by atoms with Gasteiger partial charge in [0.05, 0.1) is 42.2 Å². The van der Waals surface area contributed by atoms with Gasteiger partial charge < -0.3 is 59.1 Å². The van der Waals surface area contributed by atoms with E-state index in [1.165, 1.54) is 0 Å². The summed E-state index contributed by atoms with van der Waals surface area (Å²) in [6, 6.07) is -0.327. The average Bonchev–Trinajstić information content (AvgIpc) is 3.16. The molecule has 19 atom stereocenters. The van der Waals surface area contributed by atoms with Crippen LogP contribution in [-0.4, -0.2) is 163 Å². The molecule has 3 saturated heterocycles. The number of methoxy groups -OCH3 is 1. The van der Waals surface area contributed by atoms with Gasteiger partial charge in [-0.25, -0.2) is 0 Å². The molecule has 13 nitrogen and oxygen atoms in total. The summed E-state index contributed by atoms with van der Waals surface area (Å²) >= 11 is 0. The molecule has 5 N–H and O–H groups in total. The maximum Gasteiger partial charge on any atom is 0.185 e. The Morgan fingerprint density at radius 3 is 2.18 bits per heavy atom. The van der Waals surface area contributed by atoms with Gasteiger partial charge in [0.1, 0.15) is 12.2 Å². The highest BCUT2D eigenvalue weighted by Crippen LogP contribution is 2.39. The van der Waals surface area contributed by atoms with Crippen molar-refractivity contribution in [3.63, 3.8) is 0 Å². The van der Waals surface area contributed by atoms with Crippen LogP contribution >= 0.6 is 0 Å². The van der Waals surface area contributed by atoms with Crippen LogP contribution in [0.25, 0.3) is 0 Å². The molecule has 3 rings (SSSR count). The Morgan fingerprint density at radius 1 is 0.877 bits per heavy atom. The molecule has 0 radical (unpaired) electrons. The molecule has 3 aliphatic rings. The fourth-order valence-electron chi connectivity index (χ4n) is 9.60. The number of aliphatic hydroxyl groups excluding tert-OH is 4. The zero-order valence-corrected chi connectivity index (χ0v) is 37.7. The lowest BCUT2D eigenvalue weighted by Gasteiger charge is -2.48. The molecule has 13 unspecified atom stereocenters. The van der Waals surface area contributed by atoms with Crippen molar-refractivity contribution in [1.82, 2.24) is 15.1 Å². The van der Waals surface area contributed by atoms with Crippen molar-refractivity contribution in [3.8, 4) is 12.3 Å². The number of terminal acetylenes is 1. The molecule has 0 bridgehead atoms. The van der Waals surface area contributed by atoms with E-state index in [0.717, 1.165) is 39.0 Å². The average molecular weight is 814 g/mol. The van der Waals surface area contributed by atoms with Crippen molar-refractivity contribution in [3.05, 3.63) is 0 Å². The monoisotopic (exact) mass is 814 g/mol. The molecule has 3 heterocycles. The molecule has 0 aromatic rings. The van der Waals surface area contributed by atoms with Gasteiger partial charge in [-0.05, 0) is 92.4 Å². The third-order valence-corrected chi connectivity index (χ3v) is 13.4. The van der Waals surface area contributed by atoms with Gasteiger partial charge in [0.2, 0.25) is 0 Å². The van der Waals surface area contributed by atoms with Crippen molar-refractivity contribution in [2.75, 3.05) is 47.4 Å². The summed E-state index contributed by atoms with van der Waals surface area (Å²) in [5.41, 5.74) is -0.918. The first-order valence-electron chi connectivity index (χ1n) is 21.9. The molecular formula is C44H83N3O10. The number of nitrogens with zero attached hydrogens (tertiary/aromatic N) is 2. The first-order chi connectivity index (χ1) is 26.8. The number of nitrogens with one attached hydrogen (secondary N) is 1. The number of aliphatic hydroxyl groups is 4.